The summed E-state index contributed by atoms with van der Waals surface area (Å²) in [6.07, 6.45) is 1.37. The number of para-hydroxylation sites is 2. The fourth-order valence-corrected chi connectivity index (χ4v) is 2.61. The molecule has 134 valence electrons. The van der Waals surface area contributed by atoms with Crippen molar-refractivity contribution in [3.63, 3.8) is 0 Å². The number of aromatic nitrogens is 3. The van der Waals surface area contributed by atoms with Crippen molar-refractivity contribution in [2.75, 3.05) is 0 Å². The Kier molecular flexibility index (Phi) is 5.26. The molecule has 0 aliphatic carbocycles. The molecule has 0 bridgehead atoms. The standard InChI is InChI=1S/C19H20N4O3/c1-13(2)26-18(24)12-23-16-9-4-3-7-14(16)22-17(23)11-21-19(25)15-8-5-6-10-20-15/h3-10,13H,11-12H2,1-2H3,(H,21,25). The maximum absolute atomic E-state index is 12.2. The number of imidazole rings is 1. The second-order valence-electron chi connectivity index (χ2n) is 6.04. The summed E-state index contributed by atoms with van der Waals surface area (Å²) in [5.41, 5.74) is 1.90. The van der Waals surface area contributed by atoms with Gasteiger partial charge in [-0.05, 0) is 38.1 Å². The SMILES string of the molecule is CC(C)OC(=O)Cn1c(CNC(=O)c2ccccn2)nc2ccccc21. The number of carbonyl (C=O) groups is 2. The van der Waals surface area contributed by atoms with Gasteiger partial charge in [-0.15, -0.1) is 0 Å². The monoisotopic (exact) mass is 352 g/mol. The first-order valence-corrected chi connectivity index (χ1v) is 8.37. The van der Waals surface area contributed by atoms with Crippen molar-refractivity contribution in [2.24, 2.45) is 0 Å². The molecule has 0 fully saturated rings. The van der Waals surface area contributed by atoms with Crippen molar-refractivity contribution in [3.05, 3.63) is 60.2 Å². The minimum absolute atomic E-state index is 0.0352. The minimum Gasteiger partial charge on any atom is -0.462 e. The third-order valence-corrected chi connectivity index (χ3v) is 3.69. The highest BCUT2D eigenvalue weighted by Gasteiger charge is 2.16. The molecule has 0 atom stereocenters. The highest BCUT2D eigenvalue weighted by atomic mass is 16.5. The van der Waals surface area contributed by atoms with E-state index in [0.29, 0.717) is 11.5 Å². The summed E-state index contributed by atoms with van der Waals surface area (Å²) in [6, 6.07) is 12.6. The van der Waals surface area contributed by atoms with Crippen molar-refractivity contribution in [2.45, 2.75) is 33.0 Å². The Hall–Kier alpha value is -3.22. The number of pyridine rings is 1. The van der Waals surface area contributed by atoms with E-state index < -0.39 is 0 Å². The molecule has 0 unspecified atom stereocenters. The topological polar surface area (TPSA) is 86.1 Å². The van der Waals surface area contributed by atoms with Crippen LogP contribution >= 0.6 is 0 Å². The number of fused-ring (bicyclic) bond motifs is 1. The number of amides is 1. The van der Waals surface area contributed by atoms with E-state index in [4.69, 9.17) is 4.74 Å². The van der Waals surface area contributed by atoms with Gasteiger partial charge in [-0.1, -0.05) is 18.2 Å². The molecule has 2 heterocycles. The quantitative estimate of drug-likeness (QED) is 0.688. The van der Waals surface area contributed by atoms with Crippen LogP contribution < -0.4 is 5.32 Å². The van der Waals surface area contributed by atoms with Crippen molar-refractivity contribution < 1.29 is 14.3 Å². The van der Waals surface area contributed by atoms with E-state index in [1.807, 2.05) is 24.3 Å². The number of esters is 1. The first-order valence-electron chi connectivity index (χ1n) is 8.37. The van der Waals surface area contributed by atoms with Gasteiger partial charge in [0.2, 0.25) is 0 Å². The van der Waals surface area contributed by atoms with Crippen molar-refractivity contribution in [1.82, 2.24) is 19.9 Å². The zero-order chi connectivity index (χ0) is 18.5. The molecule has 1 N–H and O–H groups in total. The molecular formula is C19H20N4O3. The molecule has 0 saturated heterocycles. The third-order valence-electron chi connectivity index (χ3n) is 3.69. The van der Waals surface area contributed by atoms with Gasteiger partial charge < -0.3 is 14.6 Å². The van der Waals surface area contributed by atoms with Gasteiger partial charge in [-0.2, -0.15) is 0 Å². The number of nitrogens with one attached hydrogen (secondary N) is 1. The number of benzene rings is 1. The van der Waals surface area contributed by atoms with Gasteiger partial charge in [0.15, 0.2) is 0 Å². The number of hydrogen-bond donors (Lipinski definition) is 1. The van der Waals surface area contributed by atoms with Gasteiger partial charge >= 0.3 is 5.97 Å². The normalized spacial score (nSPS) is 10.9. The van der Waals surface area contributed by atoms with Gasteiger partial charge in [0, 0.05) is 6.20 Å². The lowest BCUT2D eigenvalue weighted by molar-refractivity contribution is -0.148. The van der Waals surface area contributed by atoms with Crippen LogP contribution in [0.1, 0.15) is 30.2 Å². The number of carbonyl (C=O) groups excluding carboxylic acids is 2. The molecule has 1 amide bonds. The van der Waals surface area contributed by atoms with Gasteiger partial charge in [0.1, 0.15) is 18.1 Å². The maximum Gasteiger partial charge on any atom is 0.326 e. The Balaban J connectivity index is 1.81. The van der Waals surface area contributed by atoms with E-state index >= 15 is 0 Å². The number of ether oxygens (including phenoxy) is 1. The Morgan fingerprint density at radius 2 is 1.92 bits per heavy atom. The lowest BCUT2D eigenvalue weighted by Crippen LogP contribution is -2.26. The van der Waals surface area contributed by atoms with Crippen LogP contribution in [0.25, 0.3) is 11.0 Å². The maximum atomic E-state index is 12.2. The van der Waals surface area contributed by atoms with Crippen LogP contribution in [0.4, 0.5) is 0 Å². The van der Waals surface area contributed by atoms with Crippen LogP contribution in [0.15, 0.2) is 48.7 Å². The number of hydrogen-bond acceptors (Lipinski definition) is 5. The smallest absolute Gasteiger partial charge is 0.326 e. The van der Waals surface area contributed by atoms with Crippen LogP contribution in [0, 0.1) is 0 Å². The predicted molar refractivity (Wildman–Crippen MR) is 96.4 cm³/mol. The highest BCUT2D eigenvalue weighted by Crippen LogP contribution is 2.16. The Labute approximate surface area is 151 Å². The molecule has 0 aliphatic rings. The molecule has 3 rings (SSSR count). The average Bonchev–Trinajstić information content (AvgIpc) is 2.97. The molecule has 2 aromatic heterocycles. The molecule has 0 spiro atoms. The van der Waals surface area contributed by atoms with Crippen molar-refractivity contribution in [1.29, 1.82) is 0 Å². The summed E-state index contributed by atoms with van der Waals surface area (Å²) in [4.78, 5) is 32.9. The van der Waals surface area contributed by atoms with Gasteiger partial charge in [-0.3, -0.25) is 14.6 Å². The van der Waals surface area contributed by atoms with Crippen molar-refractivity contribution in [3.8, 4) is 0 Å². The largest absolute Gasteiger partial charge is 0.462 e. The second kappa shape index (κ2) is 7.77. The lowest BCUT2D eigenvalue weighted by atomic mass is 10.3. The molecule has 7 heteroatoms. The summed E-state index contributed by atoms with van der Waals surface area (Å²) in [5.74, 6) is -0.0643. The lowest BCUT2D eigenvalue weighted by Gasteiger charge is -2.12. The number of nitrogens with zero attached hydrogens (tertiary/aromatic N) is 3. The molecular weight excluding hydrogens is 332 g/mol. The predicted octanol–water partition coefficient (Wildman–Crippen LogP) is 2.31. The van der Waals surface area contributed by atoms with Crippen LogP contribution in [-0.4, -0.2) is 32.5 Å². The van der Waals surface area contributed by atoms with Gasteiger partial charge in [0.05, 0.1) is 23.7 Å². The van der Waals surface area contributed by atoms with Crippen LogP contribution in [0.5, 0.6) is 0 Å². The fraction of sp³-hybridized carbons (Fsp3) is 0.263. The molecule has 0 radical (unpaired) electrons. The summed E-state index contributed by atoms with van der Waals surface area (Å²) in [5, 5.41) is 2.79. The average molecular weight is 352 g/mol. The summed E-state index contributed by atoms with van der Waals surface area (Å²) in [7, 11) is 0. The first kappa shape index (κ1) is 17.6. The highest BCUT2D eigenvalue weighted by molar-refractivity contribution is 5.92. The van der Waals surface area contributed by atoms with E-state index in [1.54, 1.807) is 42.8 Å². The summed E-state index contributed by atoms with van der Waals surface area (Å²) < 4.78 is 7.00. The van der Waals surface area contributed by atoms with E-state index in [1.165, 1.54) is 0 Å². The van der Waals surface area contributed by atoms with Gasteiger partial charge in [-0.25, -0.2) is 4.98 Å². The third kappa shape index (κ3) is 4.05. The summed E-state index contributed by atoms with van der Waals surface area (Å²) in [6.45, 7) is 3.82. The molecule has 3 aromatic rings. The minimum atomic E-state index is -0.347. The van der Waals surface area contributed by atoms with Crippen molar-refractivity contribution >= 4 is 22.9 Å². The second-order valence-corrected chi connectivity index (χ2v) is 6.04. The molecule has 1 aromatic carbocycles. The molecule has 0 aliphatic heterocycles. The Bertz CT molecular complexity index is 919. The zero-order valence-electron chi connectivity index (χ0n) is 14.7. The Morgan fingerprint density at radius 1 is 1.15 bits per heavy atom. The zero-order valence-corrected chi connectivity index (χ0v) is 14.7. The van der Waals surface area contributed by atoms with E-state index in [9.17, 15) is 9.59 Å². The van der Waals surface area contributed by atoms with E-state index in [0.717, 1.165) is 11.0 Å². The fourth-order valence-electron chi connectivity index (χ4n) is 2.61. The first-order chi connectivity index (χ1) is 12.5. The molecule has 0 saturated carbocycles. The van der Waals surface area contributed by atoms with Crippen LogP contribution in [0.2, 0.25) is 0 Å². The van der Waals surface area contributed by atoms with E-state index in [-0.39, 0.29) is 31.1 Å². The van der Waals surface area contributed by atoms with E-state index in [2.05, 4.69) is 15.3 Å². The molecule has 26 heavy (non-hydrogen) atoms. The molecule has 7 nitrogen and oxygen atoms in total. The Morgan fingerprint density at radius 3 is 2.65 bits per heavy atom. The van der Waals surface area contributed by atoms with Gasteiger partial charge in [0.25, 0.3) is 5.91 Å². The number of rotatable bonds is 6. The van der Waals surface area contributed by atoms with Crippen LogP contribution in [-0.2, 0) is 22.6 Å². The summed E-state index contributed by atoms with van der Waals surface area (Å²) >= 11 is 0. The van der Waals surface area contributed by atoms with Crippen LogP contribution in [0.3, 0.4) is 0 Å².